The first-order valence-electron chi connectivity index (χ1n) is 8.08. The summed E-state index contributed by atoms with van der Waals surface area (Å²) in [4.78, 5) is 0. The summed E-state index contributed by atoms with van der Waals surface area (Å²) in [5, 5.41) is 0. The number of hydrogen-bond donors (Lipinski definition) is 0. The Morgan fingerprint density at radius 2 is 1.17 bits per heavy atom. The van der Waals surface area contributed by atoms with Gasteiger partial charge in [-0.1, -0.05) is 59.3 Å². The van der Waals surface area contributed by atoms with Crippen LogP contribution < -0.4 is 0 Å². The normalized spacial score (nSPS) is 12.8. The van der Waals surface area contributed by atoms with Crippen LogP contribution in [-0.4, -0.2) is 19.5 Å². The Bertz CT molecular complexity index is 136. The molecule has 0 amide bonds. The van der Waals surface area contributed by atoms with Gasteiger partial charge in [0.05, 0.1) is 0 Å². The summed E-state index contributed by atoms with van der Waals surface area (Å²) in [6.07, 6.45) is 12.3. The molecule has 0 rings (SSSR count). The van der Waals surface area contributed by atoms with Gasteiger partial charge in [0.25, 0.3) is 0 Å². The Hall–Kier alpha value is -0.0800. The smallest absolute Gasteiger partial charge is 0.157 e. The summed E-state index contributed by atoms with van der Waals surface area (Å²) < 4.78 is 11.7. The van der Waals surface area contributed by atoms with Crippen molar-refractivity contribution in [2.75, 3.05) is 13.2 Å². The fourth-order valence-corrected chi connectivity index (χ4v) is 1.88. The highest BCUT2D eigenvalue weighted by atomic mass is 16.7. The summed E-state index contributed by atoms with van der Waals surface area (Å²) in [6.45, 7) is 8.37. The molecule has 0 aromatic carbocycles. The average molecular weight is 258 g/mol. The van der Waals surface area contributed by atoms with Crippen molar-refractivity contribution in [3.05, 3.63) is 0 Å². The van der Waals surface area contributed by atoms with Crippen molar-refractivity contribution in [1.82, 2.24) is 0 Å². The Morgan fingerprint density at radius 1 is 0.611 bits per heavy atom. The fourth-order valence-electron chi connectivity index (χ4n) is 1.88. The van der Waals surface area contributed by atoms with Crippen LogP contribution in [0.5, 0.6) is 0 Å². The number of unbranched alkanes of at least 4 members (excludes halogenated alkanes) is 6. The van der Waals surface area contributed by atoms with Crippen LogP contribution in [0.1, 0.15) is 85.0 Å². The highest BCUT2D eigenvalue weighted by Crippen LogP contribution is 2.11. The van der Waals surface area contributed by atoms with Crippen molar-refractivity contribution in [3.63, 3.8) is 0 Å². The predicted molar refractivity (Wildman–Crippen MR) is 78.9 cm³/mol. The first kappa shape index (κ1) is 17.9. The summed E-state index contributed by atoms with van der Waals surface area (Å²) in [6, 6.07) is 0. The zero-order valence-electron chi connectivity index (χ0n) is 12.9. The molecule has 0 aliphatic carbocycles. The van der Waals surface area contributed by atoms with Crippen LogP contribution in [0.3, 0.4) is 0 Å². The van der Waals surface area contributed by atoms with Crippen LogP contribution in [-0.2, 0) is 9.47 Å². The van der Waals surface area contributed by atoms with Gasteiger partial charge in [-0.25, -0.2) is 0 Å². The van der Waals surface area contributed by atoms with Crippen molar-refractivity contribution in [2.45, 2.75) is 91.3 Å². The first-order valence-corrected chi connectivity index (χ1v) is 8.08. The monoisotopic (exact) mass is 258 g/mol. The van der Waals surface area contributed by atoms with Gasteiger partial charge in [-0.3, -0.25) is 0 Å². The van der Waals surface area contributed by atoms with E-state index >= 15 is 0 Å². The van der Waals surface area contributed by atoms with Crippen LogP contribution >= 0.6 is 0 Å². The van der Waals surface area contributed by atoms with Gasteiger partial charge in [0.15, 0.2) is 6.29 Å². The molecule has 0 aromatic heterocycles. The van der Waals surface area contributed by atoms with Gasteiger partial charge in [0.2, 0.25) is 0 Å². The summed E-state index contributed by atoms with van der Waals surface area (Å²) in [5.74, 6) is 0. The van der Waals surface area contributed by atoms with E-state index in [2.05, 4.69) is 20.8 Å². The molecule has 1 atom stereocenters. The molecule has 2 heteroatoms. The summed E-state index contributed by atoms with van der Waals surface area (Å²) >= 11 is 0. The van der Waals surface area contributed by atoms with Crippen molar-refractivity contribution >= 4 is 0 Å². The van der Waals surface area contributed by atoms with E-state index in [1.807, 2.05) is 0 Å². The molecule has 0 aliphatic heterocycles. The molecule has 0 aromatic rings. The van der Waals surface area contributed by atoms with E-state index in [4.69, 9.17) is 9.47 Å². The van der Waals surface area contributed by atoms with Gasteiger partial charge in [-0.15, -0.1) is 0 Å². The van der Waals surface area contributed by atoms with E-state index in [1.54, 1.807) is 0 Å². The SMILES string of the molecule is CCCCCCC(OCCCC)OCCCCC. The largest absolute Gasteiger partial charge is 0.353 e. The molecule has 18 heavy (non-hydrogen) atoms. The summed E-state index contributed by atoms with van der Waals surface area (Å²) in [7, 11) is 0. The van der Waals surface area contributed by atoms with E-state index < -0.39 is 0 Å². The van der Waals surface area contributed by atoms with E-state index in [9.17, 15) is 0 Å². The van der Waals surface area contributed by atoms with E-state index in [0.717, 1.165) is 26.1 Å². The second-order valence-electron chi connectivity index (χ2n) is 5.08. The molecule has 0 saturated carbocycles. The standard InChI is InChI=1S/C16H34O2/c1-4-7-10-11-13-16(17-14-9-6-3)18-15-12-8-5-2/h16H,4-15H2,1-3H3. The maximum atomic E-state index is 5.85. The predicted octanol–water partition coefficient (Wildman–Crippen LogP) is 5.31. The minimum Gasteiger partial charge on any atom is -0.353 e. The van der Waals surface area contributed by atoms with E-state index in [1.165, 1.54) is 51.4 Å². The van der Waals surface area contributed by atoms with Crippen LogP contribution in [0.25, 0.3) is 0 Å². The third-order valence-corrected chi connectivity index (χ3v) is 3.15. The third-order valence-electron chi connectivity index (χ3n) is 3.15. The van der Waals surface area contributed by atoms with Crippen LogP contribution in [0, 0.1) is 0 Å². The number of hydrogen-bond acceptors (Lipinski definition) is 2. The van der Waals surface area contributed by atoms with Gasteiger partial charge in [-0.05, 0) is 25.7 Å². The van der Waals surface area contributed by atoms with Crippen LogP contribution in [0.15, 0.2) is 0 Å². The van der Waals surface area contributed by atoms with Gasteiger partial charge in [0, 0.05) is 13.2 Å². The molecule has 1 unspecified atom stereocenters. The Labute approximate surface area is 114 Å². The fraction of sp³-hybridized carbons (Fsp3) is 1.00. The lowest BCUT2D eigenvalue weighted by atomic mass is 10.1. The quantitative estimate of drug-likeness (QED) is 0.311. The highest BCUT2D eigenvalue weighted by Gasteiger charge is 2.08. The zero-order valence-corrected chi connectivity index (χ0v) is 12.9. The lowest BCUT2D eigenvalue weighted by Gasteiger charge is -2.18. The Morgan fingerprint density at radius 3 is 1.78 bits per heavy atom. The van der Waals surface area contributed by atoms with Crippen molar-refractivity contribution in [3.8, 4) is 0 Å². The molecule has 110 valence electrons. The maximum Gasteiger partial charge on any atom is 0.157 e. The molecule has 0 saturated heterocycles. The van der Waals surface area contributed by atoms with Gasteiger partial charge in [0.1, 0.15) is 0 Å². The van der Waals surface area contributed by atoms with Crippen molar-refractivity contribution in [1.29, 1.82) is 0 Å². The maximum absolute atomic E-state index is 5.85. The highest BCUT2D eigenvalue weighted by molar-refractivity contribution is 4.49. The van der Waals surface area contributed by atoms with Crippen molar-refractivity contribution in [2.24, 2.45) is 0 Å². The molecule has 0 radical (unpaired) electrons. The van der Waals surface area contributed by atoms with E-state index in [-0.39, 0.29) is 6.29 Å². The second-order valence-corrected chi connectivity index (χ2v) is 5.08. The molecular formula is C16H34O2. The molecule has 0 heterocycles. The Kier molecular flexibility index (Phi) is 14.9. The van der Waals surface area contributed by atoms with Crippen LogP contribution in [0.2, 0.25) is 0 Å². The molecule has 0 N–H and O–H groups in total. The lowest BCUT2D eigenvalue weighted by Crippen LogP contribution is -2.18. The number of ether oxygens (including phenoxy) is 2. The zero-order chi connectivity index (χ0) is 13.5. The summed E-state index contributed by atoms with van der Waals surface area (Å²) in [5.41, 5.74) is 0. The van der Waals surface area contributed by atoms with Crippen molar-refractivity contribution < 1.29 is 9.47 Å². The average Bonchev–Trinajstić information content (AvgIpc) is 2.39. The molecule has 0 fully saturated rings. The molecule has 0 spiro atoms. The Balaban J connectivity index is 3.62. The first-order chi connectivity index (χ1) is 8.85. The lowest BCUT2D eigenvalue weighted by molar-refractivity contribution is -0.147. The minimum absolute atomic E-state index is 0.0465. The molecule has 2 nitrogen and oxygen atoms in total. The third kappa shape index (κ3) is 12.4. The van der Waals surface area contributed by atoms with Gasteiger partial charge >= 0.3 is 0 Å². The topological polar surface area (TPSA) is 18.5 Å². The molecule has 0 aliphatic rings. The van der Waals surface area contributed by atoms with E-state index in [0.29, 0.717) is 0 Å². The molecule has 0 bridgehead atoms. The number of rotatable bonds is 14. The van der Waals surface area contributed by atoms with Gasteiger partial charge < -0.3 is 9.47 Å². The minimum atomic E-state index is 0.0465. The van der Waals surface area contributed by atoms with Gasteiger partial charge in [-0.2, -0.15) is 0 Å². The van der Waals surface area contributed by atoms with Crippen LogP contribution in [0.4, 0.5) is 0 Å². The second kappa shape index (κ2) is 15.0. The molecular weight excluding hydrogens is 224 g/mol.